The second kappa shape index (κ2) is 4.13. The Morgan fingerprint density at radius 3 is 1.94 bits per heavy atom. The van der Waals surface area contributed by atoms with Crippen LogP contribution in [-0.4, -0.2) is 25.9 Å². The van der Waals surface area contributed by atoms with E-state index < -0.39 is 24.8 Å². The van der Waals surface area contributed by atoms with E-state index in [0.29, 0.717) is 5.56 Å². The zero-order chi connectivity index (χ0) is 12.6. The largest absolute Gasteiger partial charge is 0.289 e. The van der Waals surface area contributed by atoms with Crippen LogP contribution in [0.1, 0.15) is 15.7 Å². The van der Waals surface area contributed by atoms with Crippen LogP contribution < -0.4 is 0 Å². The van der Waals surface area contributed by atoms with Crippen molar-refractivity contribution in [3.8, 4) is 0 Å². The standard InChI is InChI=1S/C8H10O6S2/c1-6-3-2-4-7(5-6)8(15(9,10)11)16(12,13)14/h2-5,8H,1H3,(H,9,10,11)(H,12,13,14). The molecule has 16 heavy (non-hydrogen) atoms. The zero-order valence-corrected chi connectivity index (χ0v) is 9.86. The van der Waals surface area contributed by atoms with E-state index in [0.717, 1.165) is 0 Å². The van der Waals surface area contributed by atoms with E-state index in [1.54, 1.807) is 13.0 Å². The van der Waals surface area contributed by atoms with Crippen LogP contribution >= 0.6 is 0 Å². The quantitative estimate of drug-likeness (QED) is 0.782. The summed E-state index contributed by atoms with van der Waals surface area (Å²) in [5.74, 6) is 0. The highest BCUT2D eigenvalue weighted by Gasteiger charge is 2.37. The maximum absolute atomic E-state index is 10.9. The highest BCUT2D eigenvalue weighted by Crippen LogP contribution is 2.27. The van der Waals surface area contributed by atoms with Crippen molar-refractivity contribution in [2.45, 2.75) is 11.5 Å². The van der Waals surface area contributed by atoms with Gasteiger partial charge in [-0.15, -0.1) is 0 Å². The van der Waals surface area contributed by atoms with Crippen molar-refractivity contribution in [3.05, 3.63) is 35.4 Å². The average molecular weight is 266 g/mol. The fourth-order valence-electron chi connectivity index (χ4n) is 1.31. The molecular formula is C8H10O6S2. The summed E-state index contributed by atoms with van der Waals surface area (Å²) in [6.45, 7) is 1.62. The minimum absolute atomic E-state index is 0.204. The van der Waals surface area contributed by atoms with Gasteiger partial charge in [-0.2, -0.15) is 16.8 Å². The lowest BCUT2D eigenvalue weighted by Crippen LogP contribution is -2.21. The Bertz CT molecular complexity index is 555. The van der Waals surface area contributed by atoms with Crippen LogP contribution in [0.15, 0.2) is 24.3 Å². The highest BCUT2D eigenvalue weighted by atomic mass is 32.3. The Morgan fingerprint density at radius 1 is 1.06 bits per heavy atom. The van der Waals surface area contributed by atoms with Crippen LogP contribution in [0.25, 0.3) is 0 Å². The van der Waals surface area contributed by atoms with Crippen molar-refractivity contribution in [3.63, 3.8) is 0 Å². The van der Waals surface area contributed by atoms with Gasteiger partial charge in [0, 0.05) is 0 Å². The first kappa shape index (κ1) is 13.1. The Kier molecular flexibility index (Phi) is 3.38. The molecule has 0 aromatic heterocycles. The first-order valence-corrected chi connectivity index (χ1v) is 7.12. The zero-order valence-electron chi connectivity index (χ0n) is 8.23. The third-order valence-corrected chi connectivity index (χ3v) is 4.94. The van der Waals surface area contributed by atoms with Gasteiger partial charge < -0.3 is 0 Å². The molecule has 0 bridgehead atoms. The van der Waals surface area contributed by atoms with Crippen LogP contribution in [0.4, 0.5) is 0 Å². The third kappa shape index (κ3) is 3.01. The van der Waals surface area contributed by atoms with E-state index in [1.807, 2.05) is 0 Å². The molecule has 0 unspecified atom stereocenters. The van der Waals surface area contributed by atoms with E-state index in [4.69, 9.17) is 9.11 Å². The number of hydrogen-bond acceptors (Lipinski definition) is 4. The highest BCUT2D eigenvalue weighted by molar-refractivity contribution is 8.03. The lowest BCUT2D eigenvalue weighted by Gasteiger charge is -2.11. The fourth-order valence-corrected chi connectivity index (χ4v) is 3.52. The predicted octanol–water partition coefficient (Wildman–Crippen LogP) is 0.769. The Labute approximate surface area is 93.4 Å². The molecule has 1 rings (SSSR count). The maximum Gasteiger partial charge on any atom is 0.289 e. The molecule has 6 nitrogen and oxygen atoms in total. The molecular weight excluding hydrogens is 256 g/mol. The van der Waals surface area contributed by atoms with Crippen LogP contribution in [0, 0.1) is 6.92 Å². The summed E-state index contributed by atoms with van der Waals surface area (Å²) in [5.41, 5.74) is 0.403. The summed E-state index contributed by atoms with van der Waals surface area (Å²) < 4.78 is 58.8. The van der Waals surface area contributed by atoms with Gasteiger partial charge >= 0.3 is 0 Å². The first-order valence-electron chi connectivity index (χ1n) is 4.11. The third-order valence-electron chi connectivity index (χ3n) is 1.86. The lowest BCUT2D eigenvalue weighted by atomic mass is 10.2. The molecule has 90 valence electrons. The van der Waals surface area contributed by atoms with Crippen molar-refractivity contribution in [1.82, 2.24) is 0 Å². The molecule has 0 atom stereocenters. The van der Waals surface area contributed by atoms with Gasteiger partial charge in [0.2, 0.25) is 4.58 Å². The molecule has 0 spiro atoms. The van der Waals surface area contributed by atoms with Crippen molar-refractivity contribution >= 4 is 20.2 Å². The molecule has 0 saturated carbocycles. The molecule has 0 heterocycles. The van der Waals surface area contributed by atoms with Crippen LogP contribution in [0.3, 0.4) is 0 Å². The summed E-state index contributed by atoms with van der Waals surface area (Å²) in [6.07, 6.45) is 0. The van der Waals surface area contributed by atoms with Gasteiger partial charge in [-0.3, -0.25) is 9.11 Å². The van der Waals surface area contributed by atoms with Crippen molar-refractivity contribution in [2.24, 2.45) is 0 Å². The van der Waals surface area contributed by atoms with Crippen LogP contribution in [0.2, 0.25) is 0 Å². The summed E-state index contributed by atoms with van der Waals surface area (Å²) in [6, 6.07) is 5.49. The SMILES string of the molecule is Cc1cccc(C(S(=O)(=O)O)S(=O)(=O)O)c1. The average Bonchev–Trinajstić information content (AvgIpc) is 1.97. The summed E-state index contributed by atoms with van der Waals surface area (Å²) in [4.78, 5) is 0. The first-order chi connectivity index (χ1) is 7.12. The molecule has 1 aromatic rings. The van der Waals surface area contributed by atoms with Gasteiger partial charge in [0.25, 0.3) is 20.2 Å². The molecule has 2 N–H and O–H groups in total. The number of aryl methyl sites for hydroxylation is 1. The maximum atomic E-state index is 10.9. The molecule has 0 amide bonds. The Hall–Kier alpha value is -0.960. The normalized spacial score (nSPS) is 13.0. The minimum atomic E-state index is -4.93. The topological polar surface area (TPSA) is 109 Å². The predicted molar refractivity (Wildman–Crippen MR) is 57.0 cm³/mol. The summed E-state index contributed by atoms with van der Waals surface area (Å²) in [7, 11) is -9.86. The van der Waals surface area contributed by atoms with Gasteiger partial charge in [-0.25, -0.2) is 0 Å². The van der Waals surface area contributed by atoms with E-state index in [2.05, 4.69) is 0 Å². The second-order valence-corrected chi connectivity index (χ2v) is 6.58. The molecule has 0 aliphatic heterocycles. The Morgan fingerprint density at radius 2 is 1.56 bits per heavy atom. The van der Waals surface area contributed by atoms with Crippen molar-refractivity contribution < 1.29 is 25.9 Å². The van der Waals surface area contributed by atoms with E-state index in [-0.39, 0.29) is 5.56 Å². The fraction of sp³-hybridized carbons (Fsp3) is 0.250. The summed E-state index contributed by atoms with van der Waals surface area (Å²) >= 11 is 0. The molecule has 0 aliphatic carbocycles. The second-order valence-electron chi connectivity index (χ2n) is 3.28. The van der Waals surface area contributed by atoms with Crippen LogP contribution in [-0.2, 0) is 20.2 Å². The van der Waals surface area contributed by atoms with E-state index in [9.17, 15) is 16.8 Å². The molecule has 1 aromatic carbocycles. The minimum Gasteiger partial charge on any atom is -0.284 e. The number of rotatable bonds is 3. The molecule has 0 saturated heterocycles. The van der Waals surface area contributed by atoms with Crippen molar-refractivity contribution in [2.75, 3.05) is 0 Å². The number of hydrogen-bond donors (Lipinski definition) is 2. The smallest absolute Gasteiger partial charge is 0.284 e. The lowest BCUT2D eigenvalue weighted by molar-refractivity contribution is 0.456. The van der Waals surface area contributed by atoms with E-state index >= 15 is 0 Å². The molecule has 0 fully saturated rings. The number of benzene rings is 1. The van der Waals surface area contributed by atoms with Gasteiger partial charge in [-0.1, -0.05) is 29.8 Å². The Balaban J connectivity index is 3.47. The molecule has 0 radical (unpaired) electrons. The van der Waals surface area contributed by atoms with E-state index in [1.165, 1.54) is 18.2 Å². The summed E-state index contributed by atoms with van der Waals surface area (Å²) in [5, 5.41) is 0. The van der Waals surface area contributed by atoms with Crippen molar-refractivity contribution in [1.29, 1.82) is 0 Å². The van der Waals surface area contributed by atoms with Gasteiger partial charge in [0.05, 0.1) is 0 Å². The molecule has 0 aliphatic rings. The van der Waals surface area contributed by atoms with Gasteiger partial charge in [0.1, 0.15) is 0 Å². The van der Waals surface area contributed by atoms with Gasteiger partial charge in [0.15, 0.2) is 0 Å². The van der Waals surface area contributed by atoms with Gasteiger partial charge in [-0.05, 0) is 12.5 Å². The molecule has 8 heteroatoms. The van der Waals surface area contributed by atoms with Crippen LogP contribution in [0.5, 0.6) is 0 Å². The monoisotopic (exact) mass is 266 g/mol.